The monoisotopic (exact) mass is 321 g/mol. The van der Waals surface area contributed by atoms with E-state index in [0.717, 1.165) is 37.6 Å². The van der Waals surface area contributed by atoms with Gasteiger partial charge < -0.3 is 14.8 Å². The van der Waals surface area contributed by atoms with Crippen molar-refractivity contribution in [3.8, 4) is 0 Å². The Morgan fingerprint density at radius 1 is 1.38 bits per heavy atom. The molecule has 3 heterocycles. The van der Waals surface area contributed by atoms with Gasteiger partial charge in [-0.15, -0.1) is 11.8 Å². The molecule has 0 amide bonds. The third-order valence-corrected chi connectivity index (χ3v) is 5.97. The number of fused-ring (bicyclic) bond motifs is 3. The SMILES string of the molecule is CN1CCc2c(c3cc(Cl)ccc3n2C2CNCCS2)C1. The van der Waals surface area contributed by atoms with Crippen molar-refractivity contribution in [2.45, 2.75) is 18.3 Å². The standard InChI is InChI=1S/C16H20ClN3S/c1-19-6-4-15-13(10-19)12-8-11(17)2-3-14(12)20(15)16-9-18-5-7-21-16/h2-3,8,16,18H,4-7,9-10H2,1H3. The molecule has 1 atom stereocenters. The van der Waals surface area contributed by atoms with Gasteiger partial charge in [-0.25, -0.2) is 0 Å². The lowest BCUT2D eigenvalue weighted by molar-refractivity contribution is 0.309. The Morgan fingerprint density at radius 3 is 3.10 bits per heavy atom. The molecule has 0 spiro atoms. The lowest BCUT2D eigenvalue weighted by Crippen LogP contribution is -2.33. The summed E-state index contributed by atoms with van der Waals surface area (Å²) in [5.41, 5.74) is 4.35. The van der Waals surface area contributed by atoms with Gasteiger partial charge in [-0.2, -0.15) is 0 Å². The molecule has 5 heteroatoms. The van der Waals surface area contributed by atoms with Crippen LogP contribution in [0.25, 0.3) is 10.9 Å². The molecule has 1 N–H and O–H groups in total. The molecule has 2 aromatic rings. The number of thioether (sulfide) groups is 1. The first-order chi connectivity index (χ1) is 10.2. The lowest BCUT2D eigenvalue weighted by atomic mass is 10.1. The zero-order chi connectivity index (χ0) is 14.4. The van der Waals surface area contributed by atoms with Crippen LogP contribution >= 0.6 is 23.4 Å². The van der Waals surface area contributed by atoms with Crippen LogP contribution in [0.5, 0.6) is 0 Å². The molecule has 2 aliphatic rings. The van der Waals surface area contributed by atoms with E-state index in [-0.39, 0.29) is 0 Å². The third-order valence-electron chi connectivity index (χ3n) is 4.54. The van der Waals surface area contributed by atoms with Crippen LogP contribution in [0, 0.1) is 0 Å². The Hall–Kier alpha value is -0.680. The number of hydrogen-bond donors (Lipinski definition) is 1. The highest BCUT2D eigenvalue weighted by Gasteiger charge is 2.27. The number of halogens is 1. The van der Waals surface area contributed by atoms with Gasteiger partial charge in [-0.1, -0.05) is 11.6 Å². The van der Waals surface area contributed by atoms with Crippen molar-refractivity contribution in [1.29, 1.82) is 0 Å². The van der Waals surface area contributed by atoms with Crippen molar-refractivity contribution >= 4 is 34.3 Å². The van der Waals surface area contributed by atoms with E-state index >= 15 is 0 Å². The molecule has 1 fully saturated rings. The Bertz CT molecular complexity index is 676. The predicted molar refractivity (Wildman–Crippen MR) is 91.4 cm³/mol. The molecular formula is C16H20ClN3S. The Labute approximate surface area is 134 Å². The number of likely N-dealkylation sites (N-methyl/N-ethyl adjacent to an activating group) is 1. The summed E-state index contributed by atoms with van der Waals surface area (Å²) in [5, 5.41) is 6.23. The van der Waals surface area contributed by atoms with Gasteiger partial charge in [0, 0.05) is 60.0 Å². The summed E-state index contributed by atoms with van der Waals surface area (Å²) in [4.78, 5) is 2.40. The van der Waals surface area contributed by atoms with Gasteiger partial charge in [-0.05, 0) is 30.8 Å². The minimum absolute atomic E-state index is 0.509. The predicted octanol–water partition coefficient (Wildman–Crippen LogP) is 3.12. The third kappa shape index (κ3) is 2.38. The fourth-order valence-corrected chi connectivity index (χ4v) is 4.88. The minimum atomic E-state index is 0.509. The number of rotatable bonds is 1. The summed E-state index contributed by atoms with van der Waals surface area (Å²) in [6.07, 6.45) is 1.13. The largest absolute Gasteiger partial charge is 0.330 e. The van der Waals surface area contributed by atoms with Crippen molar-refractivity contribution in [2.75, 3.05) is 32.4 Å². The van der Waals surface area contributed by atoms with Gasteiger partial charge in [0.05, 0.1) is 5.37 Å². The zero-order valence-corrected chi connectivity index (χ0v) is 13.8. The summed E-state index contributed by atoms with van der Waals surface area (Å²) in [7, 11) is 2.20. The second-order valence-electron chi connectivity index (χ2n) is 5.97. The van der Waals surface area contributed by atoms with E-state index in [2.05, 4.69) is 45.7 Å². The summed E-state index contributed by atoms with van der Waals surface area (Å²) in [5.74, 6) is 1.19. The maximum Gasteiger partial charge on any atom is 0.0921 e. The summed E-state index contributed by atoms with van der Waals surface area (Å²) < 4.78 is 2.57. The highest BCUT2D eigenvalue weighted by atomic mass is 35.5. The van der Waals surface area contributed by atoms with Crippen molar-refractivity contribution in [3.63, 3.8) is 0 Å². The van der Waals surface area contributed by atoms with Gasteiger partial charge in [0.1, 0.15) is 0 Å². The average Bonchev–Trinajstić information content (AvgIpc) is 2.81. The molecular weight excluding hydrogens is 302 g/mol. The van der Waals surface area contributed by atoms with Crippen LogP contribution in [0.3, 0.4) is 0 Å². The van der Waals surface area contributed by atoms with E-state index < -0.39 is 0 Å². The van der Waals surface area contributed by atoms with E-state index in [4.69, 9.17) is 11.6 Å². The van der Waals surface area contributed by atoms with Gasteiger partial charge >= 0.3 is 0 Å². The zero-order valence-electron chi connectivity index (χ0n) is 12.2. The van der Waals surface area contributed by atoms with E-state index in [1.165, 1.54) is 27.9 Å². The van der Waals surface area contributed by atoms with Crippen LogP contribution in [-0.2, 0) is 13.0 Å². The Morgan fingerprint density at radius 2 is 2.29 bits per heavy atom. The van der Waals surface area contributed by atoms with E-state index in [9.17, 15) is 0 Å². The van der Waals surface area contributed by atoms with Crippen molar-refractivity contribution < 1.29 is 0 Å². The molecule has 1 saturated heterocycles. The lowest BCUT2D eigenvalue weighted by Gasteiger charge is -2.29. The highest BCUT2D eigenvalue weighted by Crippen LogP contribution is 2.38. The number of nitrogens with one attached hydrogen (secondary N) is 1. The maximum absolute atomic E-state index is 6.25. The number of nitrogens with zero attached hydrogens (tertiary/aromatic N) is 2. The Balaban J connectivity index is 1.92. The van der Waals surface area contributed by atoms with E-state index in [0.29, 0.717) is 5.37 Å². The van der Waals surface area contributed by atoms with Crippen LogP contribution in [0.15, 0.2) is 18.2 Å². The topological polar surface area (TPSA) is 20.2 Å². The van der Waals surface area contributed by atoms with Crippen LogP contribution in [0.2, 0.25) is 5.02 Å². The normalized spacial score (nSPS) is 23.4. The summed E-state index contributed by atoms with van der Waals surface area (Å²) >= 11 is 8.32. The van der Waals surface area contributed by atoms with Gasteiger partial charge in [0.25, 0.3) is 0 Å². The molecule has 0 saturated carbocycles. The molecule has 1 aromatic carbocycles. The number of benzene rings is 1. The molecule has 1 unspecified atom stereocenters. The Kier molecular flexibility index (Phi) is 3.66. The quantitative estimate of drug-likeness (QED) is 0.871. The number of hydrogen-bond acceptors (Lipinski definition) is 3. The summed E-state index contributed by atoms with van der Waals surface area (Å²) in [6.45, 7) is 4.35. The van der Waals surface area contributed by atoms with Crippen molar-refractivity contribution in [1.82, 2.24) is 14.8 Å². The number of aromatic nitrogens is 1. The van der Waals surface area contributed by atoms with E-state index in [1.54, 1.807) is 0 Å². The van der Waals surface area contributed by atoms with Crippen LogP contribution in [-0.4, -0.2) is 41.9 Å². The van der Waals surface area contributed by atoms with Crippen molar-refractivity contribution in [3.05, 3.63) is 34.5 Å². The van der Waals surface area contributed by atoms with Crippen LogP contribution in [0.1, 0.15) is 16.6 Å². The molecule has 4 rings (SSSR count). The first kappa shape index (κ1) is 13.9. The van der Waals surface area contributed by atoms with Gasteiger partial charge in [0.2, 0.25) is 0 Å². The fraction of sp³-hybridized carbons (Fsp3) is 0.500. The maximum atomic E-state index is 6.25. The molecule has 3 nitrogen and oxygen atoms in total. The van der Waals surface area contributed by atoms with Gasteiger partial charge in [0.15, 0.2) is 0 Å². The fourth-order valence-electron chi connectivity index (χ4n) is 3.55. The van der Waals surface area contributed by atoms with Gasteiger partial charge in [-0.3, -0.25) is 0 Å². The minimum Gasteiger partial charge on any atom is -0.330 e. The molecule has 112 valence electrons. The smallest absolute Gasteiger partial charge is 0.0921 e. The highest BCUT2D eigenvalue weighted by molar-refractivity contribution is 7.99. The van der Waals surface area contributed by atoms with E-state index in [1.807, 2.05) is 6.07 Å². The average molecular weight is 322 g/mol. The van der Waals surface area contributed by atoms with Crippen LogP contribution < -0.4 is 5.32 Å². The molecule has 1 aromatic heterocycles. The first-order valence-electron chi connectivity index (χ1n) is 7.56. The molecule has 21 heavy (non-hydrogen) atoms. The summed E-state index contributed by atoms with van der Waals surface area (Å²) in [6, 6.07) is 6.37. The second-order valence-corrected chi connectivity index (χ2v) is 7.70. The molecule has 0 radical (unpaired) electrons. The van der Waals surface area contributed by atoms with Crippen LogP contribution in [0.4, 0.5) is 0 Å². The molecule has 2 aliphatic heterocycles. The first-order valence-corrected chi connectivity index (χ1v) is 8.99. The molecule has 0 bridgehead atoms. The second kappa shape index (κ2) is 5.51. The molecule has 0 aliphatic carbocycles. The van der Waals surface area contributed by atoms with Crippen molar-refractivity contribution in [2.24, 2.45) is 0 Å².